The molecular formula is C14H20N4O. The van der Waals surface area contributed by atoms with Crippen LogP contribution >= 0.6 is 0 Å². The predicted molar refractivity (Wildman–Crippen MR) is 74.0 cm³/mol. The average molecular weight is 260 g/mol. The first kappa shape index (κ1) is 13.5. The molecule has 0 aromatic carbocycles. The van der Waals surface area contributed by atoms with Gasteiger partial charge in [0, 0.05) is 24.4 Å². The first-order valence-corrected chi connectivity index (χ1v) is 6.40. The minimum atomic E-state index is -0.185. The van der Waals surface area contributed by atoms with Crippen LogP contribution in [0.2, 0.25) is 0 Å². The smallest absolute Gasteiger partial charge is 0.161 e. The second-order valence-corrected chi connectivity index (χ2v) is 4.77. The van der Waals surface area contributed by atoms with Gasteiger partial charge in [-0.1, -0.05) is 6.07 Å². The molecule has 19 heavy (non-hydrogen) atoms. The predicted octanol–water partition coefficient (Wildman–Crippen LogP) is 2.11. The number of nitrogens with two attached hydrogens (primary N) is 1. The number of aromatic nitrogens is 3. The molecule has 0 saturated heterocycles. The van der Waals surface area contributed by atoms with Gasteiger partial charge >= 0.3 is 0 Å². The molecule has 2 aromatic rings. The van der Waals surface area contributed by atoms with Gasteiger partial charge in [-0.25, -0.2) is 0 Å². The lowest BCUT2D eigenvalue weighted by Crippen LogP contribution is -2.20. The Hall–Kier alpha value is -1.88. The van der Waals surface area contributed by atoms with E-state index in [-0.39, 0.29) is 12.1 Å². The van der Waals surface area contributed by atoms with Crippen molar-refractivity contribution in [2.45, 2.75) is 32.4 Å². The zero-order chi connectivity index (χ0) is 13.8. The first-order valence-electron chi connectivity index (χ1n) is 6.40. The van der Waals surface area contributed by atoms with Crippen LogP contribution in [-0.4, -0.2) is 21.9 Å². The molecule has 0 amide bonds. The summed E-state index contributed by atoms with van der Waals surface area (Å²) >= 11 is 0. The molecule has 0 aliphatic heterocycles. The summed E-state index contributed by atoms with van der Waals surface area (Å²) in [5.74, 6) is 0.733. The molecule has 0 bridgehead atoms. The van der Waals surface area contributed by atoms with Gasteiger partial charge in [0.25, 0.3) is 0 Å². The minimum absolute atomic E-state index is 0.185. The maximum atomic E-state index is 6.31. The lowest BCUT2D eigenvalue weighted by Gasteiger charge is -2.17. The fourth-order valence-corrected chi connectivity index (χ4v) is 2.12. The summed E-state index contributed by atoms with van der Waals surface area (Å²) in [7, 11) is 1.64. The molecule has 2 N–H and O–H groups in total. The molecule has 0 fully saturated rings. The molecule has 5 nitrogen and oxygen atoms in total. The first-order chi connectivity index (χ1) is 9.13. The molecule has 0 aliphatic carbocycles. The summed E-state index contributed by atoms with van der Waals surface area (Å²) in [5, 5.41) is 4.34. The van der Waals surface area contributed by atoms with Crippen molar-refractivity contribution < 1.29 is 4.74 Å². The number of pyridine rings is 1. The van der Waals surface area contributed by atoms with Gasteiger partial charge in [0.2, 0.25) is 0 Å². The maximum Gasteiger partial charge on any atom is 0.161 e. The van der Waals surface area contributed by atoms with Gasteiger partial charge in [-0.2, -0.15) is 5.10 Å². The van der Waals surface area contributed by atoms with E-state index in [0.717, 1.165) is 17.1 Å². The molecule has 0 saturated carbocycles. The van der Waals surface area contributed by atoms with Gasteiger partial charge in [0.1, 0.15) is 0 Å². The Balaban J connectivity index is 2.27. The molecule has 0 spiro atoms. The summed E-state index contributed by atoms with van der Waals surface area (Å²) < 4.78 is 7.26. The Labute approximate surface area is 113 Å². The molecule has 2 aromatic heterocycles. The van der Waals surface area contributed by atoms with Gasteiger partial charge in [0.15, 0.2) is 5.75 Å². The van der Waals surface area contributed by atoms with Crippen molar-refractivity contribution in [3.8, 4) is 5.75 Å². The zero-order valence-electron chi connectivity index (χ0n) is 11.6. The summed E-state index contributed by atoms with van der Waals surface area (Å²) in [6.45, 7) is 4.15. The van der Waals surface area contributed by atoms with Crippen molar-refractivity contribution in [3.63, 3.8) is 0 Å². The number of methoxy groups -OCH3 is 1. The molecular weight excluding hydrogens is 240 g/mol. The Kier molecular flexibility index (Phi) is 4.16. The van der Waals surface area contributed by atoms with E-state index >= 15 is 0 Å². The largest absolute Gasteiger partial charge is 0.493 e. The highest BCUT2D eigenvalue weighted by atomic mass is 16.5. The molecule has 1 unspecified atom stereocenters. The van der Waals surface area contributed by atoms with E-state index in [1.54, 1.807) is 19.5 Å². The van der Waals surface area contributed by atoms with Gasteiger partial charge in [0.05, 0.1) is 25.0 Å². The molecule has 1 atom stereocenters. The van der Waals surface area contributed by atoms with E-state index in [1.165, 1.54) is 0 Å². The average Bonchev–Trinajstić information content (AvgIpc) is 2.83. The Morgan fingerprint density at radius 1 is 1.37 bits per heavy atom. The molecule has 5 heteroatoms. The van der Waals surface area contributed by atoms with Crippen molar-refractivity contribution in [1.29, 1.82) is 0 Å². The lowest BCUT2D eigenvalue weighted by atomic mass is 10.1. The van der Waals surface area contributed by atoms with Crippen molar-refractivity contribution in [1.82, 2.24) is 14.8 Å². The maximum absolute atomic E-state index is 6.31. The van der Waals surface area contributed by atoms with Crippen molar-refractivity contribution in [3.05, 3.63) is 42.0 Å². The van der Waals surface area contributed by atoms with Crippen LogP contribution in [0.5, 0.6) is 5.75 Å². The highest BCUT2D eigenvalue weighted by molar-refractivity contribution is 5.29. The fourth-order valence-electron chi connectivity index (χ4n) is 2.12. The molecule has 0 radical (unpaired) electrons. The van der Waals surface area contributed by atoms with Crippen LogP contribution in [0.1, 0.15) is 37.3 Å². The highest BCUT2D eigenvalue weighted by Crippen LogP contribution is 2.27. The van der Waals surface area contributed by atoms with Gasteiger partial charge in [-0.3, -0.25) is 9.67 Å². The van der Waals surface area contributed by atoms with Crippen LogP contribution < -0.4 is 10.5 Å². The quantitative estimate of drug-likeness (QED) is 0.894. The third-order valence-corrected chi connectivity index (χ3v) is 3.01. The lowest BCUT2D eigenvalue weighted by molar-refractivity contribution is 0.396. The monoisotopic (exact) mass is 260 g/mol. The van der Waals surface area contributed by atoms with Crippen molar-refractivity contribution >= 4 is 0 Å². The molecule has 2 heterocycles. The van der Waals surface area contributed by atoms with E-state index in [4.69, 9.17) is 10.5 Å². The number of nitrogens with zero attached hydrogens (tertiary/aromatic N) is 3. The summed E-state index contributed by atoms with van der Waals surface area (Å²) in [4.78, 5) is 4.31. The van der Waals surface area contributed by atoms with E-state index in [1.807, 2.05) is 22.9 Å². The summed E-state index contributed by atoms with van der Waals surface area (Å²) in [5.41, 5.74) is 8.19. The minimum Gasteiger partial charge on any atom is -0.493 e. The van der Waals surface area contributed by atoms with Crippen LogP contribution in [0.4, 0.5) is 0 Å². The van der Waals surface area contributed by atoms with Crippen LogP contribution in [0, 0.1) is 0 Å². The van der Waals surface area contributed by atoms with E-state index in [2.05, 4.69) is 23.9 Å². The molecule has 2 rings (SSSR count). The summed E-state index contributed by atoms with van der Waals surface area (Å²) in [6, 6.07) is 5.89. The highest BCUT2D eigenvalue weighted by Gasteiger charge is 2.20. The third kappa shape index (κ3) is 2.93. The van der Waals surface area contributed by atoms with E-state index in [0.29, 0.717) is 6.42 Å². The fraction of sp³-hybridized carbons (Fsp3) is 0.429. The molecule has 0 aliphatic rings. The third-order valence-electron chi connectivity index (χ3n) is 3.01. The van der Waals surface area contributed by atoms with E-state index < -0.39 is 0 Å². The SMILES string of the molecule is COc1cnn(C(C)C)c1C(N)Cc1ccccn1. The topological polar surface area (TPSA) is 66.0 Å². The van der Waals surface area contributed by atoms with Crippen molar-refractivity contribution in [2.24, 2.45) is 5.73 Å². The second-order valence-electron chi connectivity index (χ2n) is 4.77. The number of hydrogen-bond donors (Lipinski definition) is 1. The van der Waals surface area contributed by atoms with Crippen LogP contribution in [0.3, 0.4) is 0 Å². The number of rotatable bonds is 5. The number of ether oxygens (including phenoxy) is 1. The van der Waals surface area contributed by atoms with Gasteiger partial charge < -0.3 is 10.5 Å². The molecule has 102 valence electrons. The standard InChI is InChI=1S/C14H20N4O/c1-10(2)18-14(13(19-3)9-17-18)12(15)8-11-6-4-5-7-16-11/h4-7,9-10,12H,8,15H2,1-3H3. The second kappa shape index (κ2) is 5.84. The Morgan fingerprint density at radius 2 is 2.16 bits per heavy atom. The van der Waals surface area contributed by atoms with Gasteiger partial charge in [-0.15, -0.1) is 0 Å². The zero-order valence-corrected chi connectivity index (χ0v) is 11.6. The normalized spacial score (nSPS) is 12.7. The van der Waals surface area contributed by atoms with Crippen LogP contribution in [0.25, 0.3) is 0 Å². The van der Waals surface area contributed by atoms with Crippen molar-refractivity contribution in [2.75, 3.05) is 7.11 Å². The Bertz CT molecular complexity index is 521. The summed E-state index contributed by atoms with van der Waals surface area (Å²) in [6.07, 6.45) is 4.16. The number of hydrogen-bond acceptors (Lipinski definition) is 4. The van der Waals surface area contributed by atoms with E-state index in [9.17, 15) is 0 Å². The van der Waals surface area contributed by atoms with Crippen LogP contribution in [0.15, 0.2) is 30.6 Å². The van der Waals surface area contributed by atoms with Crippen LogP contribution in [-0.2, 0) is 6.42 Å². The van der Waals surface area contributed by atoms with Gasteiger partial charge in [-0.05, 0) is 26.0 Å². The Morgan fingerprint density at radius 3 is 2.74 bits per heavy atom.